The summed E-state index contributed by atoms with van der Waals surface area (Å²) in [5, 5.41) is 0. The fraction of sp³-hybridized carbons (Fsp3) is 0.872. The van der Waals surface area contributed by atoms with Gasteiger partial charge in [-0.3, -0.25) is 9.36 Å². The van der Waals surface area contributed by atoms with E-state index in [1.807, 2.05) is 21.1 Å². The maximum Gasteiger partial charge on any atom is 0.306 e. The molecule has 0 aromatic rings. The van der Waals surface area contributed by atoms with Gasteiger partial charge in [0.25, 0.3) is 7.82 Å². The SMILES string of the molecule is CCCCCC/C=C\C/C=C\CCCCCCCCCCOCC(COP(=O)([O-])OCC[N+](C)(C)C)OC(=O)CCCCCCCCC. The number of esters is 1. The molecule has 0 heterocycles. The molecule has 0 aliphatic heterocycles. The summed E-state index contributed by atoms with van der Waals surface area (Å²) in [5.41, 5.74) is 0. The number of allylic oxidation sites excluding steroid dienone is 4. The third kappa shape index (κ3) is 36.3. The van der Waals surface area contributed by atoms with Crippen molar-refractivity contribution in [3.8, 4) is 0 Å². The number of phosphoric acid groups is 1. The van der Waals surface area contributed by atoms with Crippen LogP contribution in [0.2, 0.25) is 0 Å². The van der Waals surface area contributed by atoms with Crippen molar-refractivity contribution in [2.24, 2.45) is 0 Å². The van der Waals surface area contributed by atoms with Gasteiger partial charge in [-0.25, -0.2) is 0 Å². The Hall–Kier alpha value is -1.02. The minimum absolute atomic E-state index is 0.0260. The van der Waals surface area contributed by atoms with E-state index < -0.39 is 13.9 Å². The first-order valence-corrected chi connectivity index (χ1v) is 21.0. The molecule has 0 aromatic carbocycles. The molecule has 0 N–H and O–H groups in total. The van der Waals surface area contributed by atoms with Crippen LogP contribution < -0.4 is 4.89 Å². The van der Waals surface area contributed by atoms with Crippen molar-refractivity contribution in [2.45, 2.75) is 168 Å². The van der Waals surface area contributed by atoms with Crippen molar-refractivity contribution < 1.29 is 37.3 Å². The molecule has 0 aliphatic rings. The lowest BCUT2D eigenvalue weighted by atomic mass is 10.1. The molecule has 0 bridgehead atoms. The second kappa shape index (κ2) is 33.1. The number of hydrogen-bond acceptors (Lipinski definition) is 7. The monoisotopic (exact) mass is 702 g/mol. The summed E-state index contributed by atoms with van der Waals surface area (Å²) in [5.74, 6) is -0.343. The number of carbonyl (C=O) groups excluding carboxylic acids is 1. The van der Waals surface area contributed by atoms with Crippen LogP contribution in [0.25, 0.3) is 0 Å². The number of phosphoric ester groups is 1. The van der Waals surface area contributed by atoms with Crippen molar-refractivity contribution in [3.63, 3.8) is 0 Å². The number of hydrogen-bond donors (Lipinski definition) is 0. The molecule has 0 rings (SSSR count). The molecule has 0 amide bonds. The first-order chi connectivity index (χ1) is 23.1. The van der Waals surface area contributed by atoms with E-state index in [0.717, 1.165) is 38.5 Å². The summed E-state index contributed by atoms with van der Waals surface area (Å²) in [4.78, 5) is 24.8. The summed E-state index contributed by atoms with van der Waals surface area (Å²) < 4.78 is 34.3. The van der Waals surface area contributed by atoms with E-state index in [1.165, 1.54) is 103 Å². The smallest absolute Gasteiger partial charge is 0.306 e. The van der Waals surface area contributed by atoms with Crippen LogP contribution in [0.3, 0.4) is 0 Å². The molecule has 9 heteroatoms. The molecule has 0 aromatic heterocycles. The summed E-state index contributed by atoms with van der Waals surface area (Å²) in [6, 6.07) is 0. The predicted octanol–water partition coefficient (Wildman–Crippen LogP) is 10.2. The van der Waals surface area contributed by atoms with E-state index in [0.29, 0.717) is 24.1 Å². The van der Waals surface area contributed by atoms with Gasteiger partial charge >= 0.3 is 5.97 Å². The molecule has 2 unspecified atom stereocenters. The zero-order chi connectivity index (χ0) is 35.6. The minimum Gasteiger partial charge on any atom is -0.756 e. The van der Waals surface area contributed by atoms with Crippen LogP contribution in [-0.4, -0.2) is 70.7 Å². The highest BCUT2D eigenvalue weighted by Crippen LogP contribution is 2.38. The Morgan fingerprint density at radius 2 is 1.15 bits per heavy atom. The van der Waals surface area contributed by atoms with Gasteiger partial charge in [-0.2, -0.15) is 0 Å². The maximum atomic E-state index is 12.5. The van der Waals surface area contributed by atoms with Crippen molar-refractivity contribution in [2.75, 3.05) is 54.1 Å². The fourth-order valence-electron chi connectivity index (χ4n) is 5.16. The maximum absolute atomic E-state index is 12.5. The Labute approximate surface area is 296 Å². The molecule has 284 valence electrons. The minimum atomic E-state index is -4.51. The second-order valence-electron chi connectivity index (χ2n) is 14.3. The van der Waals surface area contributed by atoms with Crippen LogP contribution in [-0.2, 0) is 27.9 Å². The van der Waals surface area contributed by atoms with E-state index >= 15 is 0 Å². The number of unbranched alkanes of at least 4 members (excludes halogenated alkanes) is 18. The highest BCUT2D eigenvalue weighted by molar-refractivity contribution is 7.45. The third-order valence-corrected chi connectivity index (χ3v) is 9.22. The Kier molecular flexibility index (Phi) is 32.4. The number of quaternary nitrogens is 1. The zero-order valence-electron chi connectivity index (χ0n) is 31.9. The van der Waals surface area contributed by atoms with Crippen LogP contribution >= 0.6 is 7.82 Å². The normalized spacial score (nSPS) is 14.2. The second-order valence-corrected chi connectivity index (χ2v) is 15.7. The van der Waals surface area contributed by atoms with Crippen molar-refractivity contribution in [3.05, 3.63) is 24.3 Å². The molecule has 2 atom stereocenters. The largest absolute Gasteiger partial charge is 0.756 e. The van der Waals surface area contributed by atoms with E-state index in [4.69, 9.17) is 18.5 Å². The third-order valence-electron chi connectivity index (χ3n) is 8.26. The lowest BCUT2D eigenvalue weighted by molar-refractivity contribution is -0.870. The summed E-state index contributed by atoms with van der Waals surface area (Å²) in [7, 11) is 1.35. The molecule has 0 saturated carbocycles. The molecule has 0 aliphatic carbocycles. The summed E-state index contributed by atoms with van der Waals surface area (Å²) >= 11 is 0. The zero-order valence-corrected chi connectivity index (χ0v) is 32.8. The van der Waals surface area contributed by atoms with Gasteiger partial charge in [0.1, 0.15) is 19.3 Å². The van der Waals surface area contributed by atoms with Gasteiger partial charge in [-0.05, 0) is 44.9 Å². The summed E-state index contributed by atoms with van der Waals surface area (Å²) in [6.07, 6.45) is 34.9. The topological polar surface area (TPSA) is 94.1 Å². The van der Waals surface area contributed by atoms with Gasteiger partial charge < -0.3 is 27.9 Å². The standard InChI is InChI=1S/C39H76NO7P/c1-6-8-10-12-14-15-16-17-18-19-20-21-22-23-24-25-27-29-31-34-44-36-38(37-46-48(42,43)45-35-33-40(3,4)5)47-39(41)32-30-28-26-13-11-9-7-2/h15-16,18-19,38H,6-14,17,20-37H2,1-5H3/b16-15-,19-18-. The molecule has 0 radical (unpaired) electrons. The lowest BCUT2D eigenvalue weighted by Gasteiger charge is -2.28. The van der Waals surface area contributed by atoms with Crippen LogP contribution in [0.1, 0.15) is 162 Å². The first kappa shape index (κ1) is 47.0. The van der Waals surface area contributed by atoms with Crippen molar-refractivity contribution in [1.82, 2.24) is 0 Å². The van der Waals surface area contributed by atoms with Crippen LogP contribution in [0.4, 0.5) is 0 Å². The first-order valence-electron chi connectivity index (χ1n) is 19.6. The number of carbonyl (C=O) groups is 1. The van der Waals surface area contributed by atoms with Gasteiger partial charge in [0.2, 0.25) is 0 Å². The van der Waals surface area contributed by atoms with Gasteiger partial charge in [0.15, 0.2) is 0 Å². The molecule has 48 heavy (non-hydrogen) atoms. The fourth-order valence-corrected chi connectivity index (χ4v) is 5.89. The van der Waals surface area contributed by atoms with Gasteiger partial charge in [-0.15, -0.1) is 0 Å². The Morgan fingerprint density at radius 1 is 0.646 bits per heavy atom. The summed E-state index contributed by atoms with van der Waals surface area (Å²) in [6.45, 7) is 5.34. The Bertz CT molecular complexity index is 828. The molecular weight excluding hydrogens is 625 g/mol. The highest BCUT2D eigenvalue weighted by Gasteiger charge is 2.20. The van der Waals surface area contributed by atoms with E-state index in [2.05, 4.69) is 38.2 Å². The van der Waals surface area contributed by atoms with Crippen molar-refractivity contribution in [1.29, 1.82) is 0 Å². The number of likely N-dealkylation sites (N-methyl/N-ethyl adjacent to an activating group) is 1. The highest BCUT2D eigenvalue weighted by atomic mass is 31.2. The van der Waals surface area contributed by atoms with E-state index in [9.17, 15) is 14.3 Å². The number of ether oxygens (including phenoxy) is 2. The quantitative estimate of drug-likeness (QED) is 0.0211. The number of nitrogens with zero attached hydrogens (tertiary/aromatic N) is 1. The van der Waals surface area contributed by atoms with E-state index in [1.54, 1.807) is 0 Å². The molecule has 0 saturated heterocycles. The molecule has 0 fully saturated rings. The van der Waals surface area contributed by atoms with Crippen LogP contribution in [0, 0.1) is 0 Å². The predicted molar refractivity (Wildman–Crippen MR) is 199 cm³/mol. The van der Waals surface area contributed by atoms with Crippen LogP contribution in [0.15, 0.2) is 24.3 Å². The van der Waals surface area contributed by atoms with Gasteiger partial charge in [0.05, 0.1) is 34.4 Å². The molecule has 0 spiro atoms. The van der Waals surface area contributed by atoms with Crippen molar-refractivity contribution >= 4 is 13.8 Å². The van der Waals surface area contributed by atoms with Gasteiger partial charge in [-0.1, -0.05) is 134 Å². The van der Waals surface area contributed by atoms with E-state index in [-0.39, 0.29) is 25.8 Å². The van der Waals surface area contributed by atoms with Gasteiger partial charge in [0, 0.05) is 13.0 Å². The average Bonchev–Trinajstić information content (AvgIpc) is 3.03. The Morgan fingerprint density at radius 3 is 1.71 bits per heavy atom. The molecular formula is C39H76NO7P. The average molecular weight is 702 g/mol. The Balaban J connectivity index is 4.15. The lowest BCUT2D eigenvalue weighted by Crippen LogP contribution is -2.37. The molecule has 8 nitrogen and oxygen atoms in total. The number of rotatable bonds is 36. The van der Waals surface area contributed by atoms with Crippen LogP contribution in [0.5, 0.6) is 0 Å².